The van der Waals surface area contributed by atoms with E-state index in [4.69, 9.17) is 4.74 Å². The van der Waals surface area contributed by atoms with Crippen molar-refractivity contribution in [3.63, 3.8) is 0 Å². The van der Waals surface area contributed by atoms with Crippen LogP contribution in [0.15, 0.2) is 24.3 Å². The second-order valence-electron chi connectivity index (χ2n) is 4.29. The summed E-state index contributed by atoms with van der Waals surface area (Å²) < 4.78 is 19.0. The van der Waals surface area contributed by atoms with Gasteiger partial charge in [0, 0.05) is 6.54 Å². The third-order valence-corrected chi connectivity index (χ3v) is 3.25. The molecule has 0 N–H and O–H groups in total. The van der Waals surface area contributed by atoms with Gasteiger partial charge < -0.3 is 9.64 Å². The van der Waals surface area contributed by atoms with Crippen LogP contribution in [0.4, 0.5) is 4.39 Å². The topological polar surface area (TPSA) is 29.5 Å². The first kappa shape index (κ1) is 12.0. The number of ether oxygens (including phenoxy) is 1. The maximum absolute atomic E-state index is 13.5. The van der Waals surface area contributed by atoms with E-state index in [0.29, 0.717) is 13.2 Å². The van der Waals surface area contributed by atoms with E-state index in [2.05, 4.69) is 0 Å². The van der Waals surface area contributed by atoms with Gasteiger partial charge in [0.25, 0.3) is 5.91 Å². The average Bonchev–Trinajstić information content (AvgIpc) is 2.32. The zero-order valence-corrected chi connectivity index (χ0v) is 10.0. The Morgan fingerprint density at radius 1 is 1.41 bits per heavy atom. The van der Waals surface area contributed by atoms with Crippen LogP contribution in [-0.2, 0) is 4.74 Å². The van der Waals surface area contributed by atoms with Gasteiger partial charge in [0.1, 0.15) is 5.82 Å². The molecule has 1 aromatic carbocycles. The Morgan fingerprint density at radius 2 is 2.12 bits per heavy atom. The molecule has 1 saturated heterocycles. The first-order valence-electron chi connectivity index (χ1n) is 5.78. The van der Waals surface area contributed by atoms with E-state index in [1.165, 1.54) is 12.1 Å². The van der Waals surface area contributed by atoms with Crippen molar-refractivity contribution in [1.82, 2.24) is 4.90 Å². The fourth-order valence-corrected chi connectivity index (χ4v) is 2.01. The van der Waals surface area contributed by atoms with Gasteiger partial charge in [0.05, 0.1) is 24.3 Å². The molecule has 17 heavy (non-hydrogen) atoms. The molecule has 1 aromatic rings. The summed E-state index contributed by atoms with van der Waals surface area (Å²) in [6.07, 6.45) is -0.0144. The van der Waals surface area contributed by atoms with Crippen molar-refractivity contribution >= 4 is 5.91 Å². The third-order valence-electron chi connectivity index (χ3n) is 3.25. The van der Waals surface area contributed by atoms with Crippen LogP contribution in [0.25, 0.3) is 0 Å². The summed E-state index contributed by atoms with van der Waals surface area (Å²) in [7, 11) is 0. The van der Waals surface area contributed by atoms with Crippen LogP contribution >= 0.6 is 0 Å². The SMILES string of the molecule is CC1OCCN(C(=O)c2ccccc2F)C1C. The molecule has 0 bridgehead atoms. The average molecular weight is 237 g/mol. The number of nitrogens with zero attached hydrogens (tertiary/aromatic N) is 1. The first-order chi connectivity index (χ1) is 8.11. The van der Waals surface area contributed by atoms with E-state index in [1.54, 1.807) is 17.0 Å². The number of rotatable bonds is 1. The monoisotopic (exact) mass is 237 g/mol. The number of carbonyl (C=O) groups excluding carboxylic acids is 1. The van der Waals surface area contributed by atoms with Crippen LogP contribution in [0, 0.1) is 5.82 Å². The highest BCUT2D eigenvalue weighted by Crippen LogP contribution is 2.18. The zero-order valence-electron chi connectivity index (χ0n) is 10.0. The molecule has 3 nitrogen and oxygen atoms in total. The summed E-state index contributed by atoms with van der Waals surface area (Å²) in [5.41, 5.74) is 0.133. The highest BCUT2D eigenvalue weighted by Gasteiger charge is 2.30. The normalized spacial score (nSPS) is 24.8. The molecular formula is C13H16FNO2. The minimum atomic E-state index is -0.469. The predicted molar refractivity (Wildman–Crippen MR) is 62.3 cm³/mol. The summed E-state index contributed by atoms with van der Waals surface area (Å²) in [6.45, 7) is 4.86. The van der Waals surface area contributed by atoms with Gasteiger partial charge in [-0.05, 0) is 26.0 Å². The number of morpholine rings is 1. The molecule has 92 valence electrons. The minimum absolute atomic E-state index is 0.0144. The van der Waals surface area contributed by atoms with E-state index < -0.39 is 5.82 Å². The van der Waals surface area contributed by atoms with E-state index in [1.807, 2.05) is 13.8 Å². The van der Waals surface area contributed by atoms with Crippen molar-refractivity contribution in [2.75, 3.05) is 13.2 Å². The quantitative estimate of drug-likeness (QED) is 0.748. The molecule has 2 atom stereocenters. The summed E-state index contributed by atoms with van der Waals surface area (Å²) in [5.74, 6) is -0.727. The van der Waals surface area contributed by atoms with Crippen molar-refractivity contribution in [3.8, 4) is 0 Å². The Hall–Kier alpha value is -1.42. The second kappa shape index (κ2) is 4.84. The van der Waals surface area contributed by atoms with Crippen LogP contribution in [-0.4, -0.2) is 36.1 Å². The number of halogens is 1. The molecular weight excluding hydrogens is 221 g/mol. The summed E-state index contributed by atoms with van der Waals surface area (Å²) in [5, 5.41) is 0. The molecule has 0 spiro atoms. The Morgan fingerprint density at radius 3 is 2.82 bits per heavy atom. The highest BCUT2D eigenvalue weighted by atomic mass is 19.1. The van der Waals surface area contributed by atoms with Crippen LogP contribution in [0.2, 0.25) is 0 Å². The Labute approximate surface area is 100 Å². The second-order valence-corrected chi connectivity index (χ2v) is 4.29. The fraction of sp³-hybridized carbons (Fsp3) is 0.462. The van der Waals surface area contributed by atoms with Gasteiger partial charge in [-0.25, -0.2) is 4.39 Å². The Bertz CT molecular complexity index is 422. The molecule has 0 saturated carbocycles. The maximum Gasteiger partial charge on any atom is 0.257 e. The van der Waals surface area contributed by atoms with Crippen LogP contribution in [0.3, 0.4) is 0 Å². The van der Waals surface area contributed by atoms with Crippen molar-refractivity contribution < 1.29 is 13.9 Å². The lowest BCUT2D eigenvalue weighted by atomic mass is 10.1. The van der Waals surface area contributed by atoms with Crippen molar-refractivity contribution in [3.05, 3.63) is 35.6 Å². The first-order valence-corrected chi connectivity index (χ1v) is 5.78. The number of benzene rings is 1. The molecule has 1 fully saturated rings. The Balaban J connectivity index is 2.23. The van der Waals surface area contributed by atoms with Gasteiger partial charge in [-0.1, -0.05) is 12.1 Å². The van der Waals surface area contributed by atoms with E-state index >= 15 is 0 Å². The fourth-order valence-electron chi connectivity index (χ4n) is 2.01. The molecule has 0 aromatic heterocycles. The van der Waals surface area contributed by atoms with Gasteiger partial charge in [-0.15, -0.1) is 0 Å². The van der Waals surface area contributed by atoms with E-state index in [9.17, 15) is 9.18 Å². The predicted octanol–water partition coefficient (Wildman–Crippen LogP) is 2.08. The third kappa shape index (κ3) is 2.31. The molecule has 2 rings (SSSR count). The molecule has 4 heteroatoms. The lowest BCUT2D eigenvalue weighted by molar-refractivity contribution is -0.0441. The number of amides is 1. The molecule has 0 radical (unpaired) electrons. The number of hydrogen-bond acceptors (Lipinski definition) is 2. The van der Waals surface area contributed by atoms with Gasteiger partial charge in [-0.2, -0.15) is 0 Å². The standard InChI is InChI=1S/C13H16FNO2/c1-9-10(2)17-8-7-15(9)13(16)11-5-3-4-6-12(11)14/h3-6,9-10H,7-8H2,1-2H3. The smallest absolute Gasteiger partial charge is 0.257 e. The maximum atomic E-state index is 13.5. The Kier molecular flexibility index (Phi) is 3.43. The number of carbonyl (C=O) groups is 1. The molecule has 2 unspecified atom stereocenters. The van der Waals surface area contributed by atoms with Crippen LogP contribution < -0.4 is 0 Å². The lowest BCUT2D eigenvalue weighted by Crippen LogP contribution is -2.51. The summed E-state index contributed by atoms with van der Waals surface area (Å²) in [4.78, 5) is 13.9. The van der Waals surface area contributed by atoms with Gasteiger partial charge in [0.2, 0.25) is 0 Å². The molecule has 1 amide bonds. The molecule has 0 aliphatic carbocycles. The summed E-state index contributed by atoms with van der Waals surface area (Å²) >= 11 is 0. The van der Waals surface area contributed by atoms with Crippen molar-refractivity contribution in [1.29, 1.82) is 0 Å². The van der Waals surface area contributed by atoms with Gasteiger partial charge >= 0.3 is 0 Å². The molecule has 1 heterocycles. The van der Waals surface area contributed by atoms with E-state index in [-0.39, 0.29) is 23.6 Å². The van der Waals surface area contributed by atoms with Crippen LogP contribution in [0.1, 0.15) is 24.2 Å². The molecule has 1 aliphatic heterocycles. The summed E-state index contributed by atoms with van der Waals surface area (Å²) in [6, 6.07) is 6.05. The molecule has 1 aliphatic rings. The van der Waals surface area contributed by atoms with Gasteiger partial charge in [-0.3, -0.25) is 4.79 Å². The highest BCUT2D eigenvalue weighted by molar-refractivity contribution is 5.94. The van der Waals surface area contributed by atoms with Crippen molar-refractivity contribution in [2.45, 2.75) is 26.0 Å². The largest absolute Gasteiger partial charge is 0.375 e. The minimum Gasteiger partial charge on any atom is -0.375 e. The van der Waals surface area contributed by atoms with Crippen LogP contribution in [0.5, 0.6) is 0 Å². The number of hydrogen-bond donors (Lipinski definition) is 0. The van der Waals surface area contributed by atoms with Gasteiger partial charge in [0.15, 0.2) is 0 Å². The van der Waals surface area contributed by atoms with E-state index in [0.717, 1.165) is 0 Å². The lowest BCUT2D eigenvalue weighted by Gasteiger charge is -2.37. The van der Waals surface area contributed by atoms with Crippen molar-refractivity contribution in [2.24, 2.45) is 0 Å². The zero-order chi connectivity index (χ0) is 12.4.